The Kier molecular flexibility index (Phi) is 7.69. The molecule has 2 aliphatic heterocycles. The molecule has 2 saturated heterocycles. The van der Waals surface area contributed by atoms with Crippen LogP contribution in [-0.4, -0.2) is 57.1 Å². The van der Waals surface area contributed by atoms with E-state index in [1.165, 1.54) is 4.46 Å². The third-order valence-corrected chi connectivity index (χ3v) is 11.3. The summed E-state index contributed by atoms with van der Waals surface area (Å²) in [5.74, 6) is -0.831. The molecule has 3 aromatic rings. The van der Waals surface area contributed by atoms with Crippen LogP contribution >= 0.6 is 15.9 Å². The van der Waals surface area contributed by atoms with E-state index in [4.69, 9.17) is 14.2 Å². The van der Waals surface area contributed by atoms with Crippen molar-refractivity contribution in [1.29, 1.82) is 0 Å². The van der Waals surface area contributed by atoms with Gasteiger partial charge in [-0.15, -0.1) is 0 Å². The molecule has 180 valence electrons. The van der Waals surface area contributed by atoms with Gasteiger partial charge < -0.3 is 0 Å². The van der Waals surface area contributed by atoms with Crippen LogP contribution in [0.2, 0.25) is 4.82 Å². The molecule has 2 bridgehead atoms. The molecular weight excluding hydrogens is 575 g/mol. The Bertz CT molecular complexity index is 1140. The van der Waals surface area contributed by atoms with Gasteiger partial charge >= 0.3 is 220 Å². The zero-order chi connectivity index (χ0) is 24.2. The van der Waals surface area contributed by atoms with Crippen LogP contribution in [0.3, 0.4) is 0 Å². The van der Waals surface area contributed by atoms with Gasteiger partial charge in [0.05, 0.1) is 0 Å². The average Bonchev–Trinajstić information content (AvgIpc) is 3.42. The first-order valence-corrected chi connectivity index (χ1v) is 14.3. The van der Waals surface area contributed by atoms with Crippen LogP contribution in [0.4, 0.5) is 0 Å². The van der Waals surface area contributed by atoms with Crippen molar-refractivity contribution in [3.63, 3.8) is 0 Å². The van der Waals surface area contributed by atoms with Gasteiger partial charge in [0.1, 0.15) is 0 Å². The molecule has 0 aromatic heterocycles. The second-order valence-corrected chi connectivity index (χ2v) is 12.3. The van der Waals surface area contributed by atoms with Crippen LogP contribution in [0.15, 0.2) is 91.0 Å². The molecule has 5 rings (SSSR count). The number of hydrogen-bond donors (Lipinski definition) is 0. The maximum atomic E-state index is 12.6. The first-order valence-electron chi connectivity index (χ1n) is 11.6. The molecule has 0 radical (unpaired) electrons. The van der Waals surface area contributed by atoms with Gasteiger partial charge in [0.15, 0.2) is 0 Å². The number of esters is 2. The molecule has 0 spiro atoms. The van der Waals surface area contributed by atoms with Crippen molar-refractivity contribution in [3.8, 4) is 0 Å². The Hall–Kier alpha value is -2.44. The van der Waals surface area contributed by atoms with E-state index in [0.717, 1.165) is 0 Å². The number of carbonyl (C=O) groups is 2. The molecule has 2 aliphatic rings. The molecule has 6 atom stereocenters. The van der Waals surface area contributed by atoms with Gasteiger partial charge in [-0.25, -0.2) is 0 Å². The van der Waals surface area contributed by atoms with Gasteiger partial charge in [-0.05, 0) is 0 Å². The molecule has 7 heteroatoms. The molecule has 2 fully saturated rings. The zero-order valence-corrected chi connectivity index (χ0v) is 22.2. The van der Waals surface area contributed by atoms with Crippen molar-refractivity contribution < 1.29 is 23.8 Å². The third-order valence-electron chi connectivity index (χ3n) is 6.51. The number of alkyl halides is 1. The van der Waals surface area contributed by atoms with Gasteiger partial charge in [-0.2, -0.15) is 0 Å². The first-order chi connectivity index (χ1) is 17.1. The van der Waals surface area contributed by atoms with Crippen molar-refractivity contribution in [2.45, 2.75) is 21.9 Å². The molecule has 0 amide bonds. The van der Waals surface area contributed by atoms with Crippen molar-refractivity contribution in [2.75, 3.05) is 13.2 Å². The number of hydrogen-bond acceptors (Lipinski definition) is 5. The van der Waals surface area contributed by atoms with Crippen LogP contribution in [0.25, 0.3) is 0 Å². The van der Waals surface area contributed by atoms with Crippen molar-refractivity contribution in [2.24, 2.45) is 11.8 Å². The maximum absolute atomic E-state index is 12.6. The van der Waals surface area contributed by atoms with E-state index in [2.05, 4.69) is 40.2 Å². The number of ether oxygens (including phenoxy) is 3. The summed E-state index contributed by atoms with van der Waals surface area (Å²) in [7, 11) is 0. The van der Waals surface area contributed by atoms with Crippen LogP contribution in [-0.2, 0) is 14.2 Å². The predicted octanol–water partition coefficient (Wildman–Crippen LogP) is 4.30. The summed E-state index contributed by atoms with van der Waals surface area (Å²) in [6, 6.07) is 28.4. The summed E-state index contributed by atoms with van der Waals surface area (Å²) in [5, 5.41) is 0. The number of benzene rings is 3. The topological polar surface area (TPSA) is 61.8 Å². The van der Waals surface area contributed by atoms with Crippen molar-refractivity contribution in [3.05, 3.63) is 102 Å². The number of carbonyl (C=O) groups excluding carboxylic acids is 2. The van der Waals surface area contributed by atoms with E-state index >= 15 is 0 Å². The number of halogens is 1. The van der Waals surface area contributed by atoms with Gasteiger partial charge in [-0.3, -0.25) is 0 Å². The summed E-state index contributed by atoms with van der Waals surface area (Å²) in [5.41, 5.74) is 1.04. The zero-order valence-electron chi connectivity index (χ0n) is 18.9. The second-order valence-electron chi connectivity index (χ2n) is 8.66. The quantitative estimate of drug-likeness (QED) is 0.220. The number of fused-ring (bicyclic) bond motifs is 2. The van der Waals surface area contributed by atoms with E-state index in [1.807, 2.05) is 42.5 Å². The van der Waals surface area contributed by atoms with Crippen LogP contribution in [0.1, 0.15) is 20.7 Å². The fourth-order valence-electron chi connectivity index (χ4n) is 4.76. The van der Waals surface area contributed by atoms with Gasteiger partial charge in [0.25, 0.3) is 0 Å². The molecule has 3 aromatic carbocycles. The summed E-state index contributed by atoms with van der Waals surface area (Å²) < 4.78 is 19.2. The summed E-state index contributed by atoms with van der Waals surface area (Å²) in [4.78, 5) is 25.7. The monoisotopic (exact) mass is 600 g/mol. The molecule has 35 heavy (non-hydrogen) atoms. The Morgan fingerprint density at radius 3 is 1.69 bits per heavy atom. The van der Waals surface area contributed by atoms with Crippen molar-refractivity contribution in [1.82, 2.24) is 0 Å². The minimum absolute atomic E-state index is 0.0550. The average molecular weight is 600 g/mol. The second kappa shape index (κ2) is 11.1. The fourth-order valence-corrected chi connectivity index (χ4v) is 8.89. The molecule has 0 N–H and O–H groups in total. The molecular formula is C28H25BrO5Se. The van der Waals surface area contributed by atoms with Gasteiger partial charge in [0, 0.05) is 0 Å². The van der Waals surface area contributed by atoms with E-state index in [0.29, 0.717) is 11.1 Å². The minimum atomic E-state index is -0.357. The van der Waals surface area contributed by atoms with Crippen LogP contribution in [0.5, 0.6) is 0 Å². The molecule has 0 unspecified atom stereocenters. The fraction of sp³-hybridized carbons (Fsp3) is 0.286. The first kappa shape index (κ1) is 24.3. The Morgan fingerprint density at radius 2 is 1.17 bits per heavy atom. The van der Waals surface area contributed by atoms with E-state index in [1.54, 1.807) is 24.3 Å². The van der Waals surface area contributed by atoms with Crippen LogP contribution < -0.4 is 4.46 Å². The standard InChI is InChI=1S/C28H25BrO5Se/c29-23-24-21(16-32-27(30)18-10-4-1-5-11-18)22(17-33-28(31)19-12-6-2-7-13-19)25(34-24)26(23)35-20-14-8-3-9-15-20/h1-15,21-26H,16-17H2/t21-,22-,23+,24-,25+,26-/m0/s1. The van der Waals surface area contributed by atoms with E-state index < -0.39 is 0 Å². The Balaban J connectivity index is 1.31. The summed E-state index contributed by atoms with van der Waals surface area (Å²) in [6.45, 7) is 0.444. The van der Waals surface area contributed by atoms with Crippen molar-refractivity contribution >= 4 is 47.3 Å². The van der Waals surface area contributed by atoms with E-state index in [9.17, 15) is 9.59 Å². The Labute approximate surface area is 219 Å². The molecule has 0 aliphatic carbocycles. The summed E-state index contributed by atoms with van der Waals surface area (Å²) >= 11 is 4.08. The summed E-state index contributed by atoms with van der Waals surface area (Å²) in [6.07, 6.45) is -0.187. The number of rotatable bonds is 8. The molecule has 0 saturated carbocycles. The van der Waals surface area contributed by atoms with Crippen LogP contribution in [0, 0.1) is 11.8 Å². The normalized spacial score (nSPS) is 26.9. The van der Waals surface area contributed by atoms with Gasteiger partial charge in [0.2, 0.25) is 0 Å². The Morgan fingerprint density at radius 1 is 0.714 bits per heavy atom. The van der Waals surface area contributed by atoms with Gasteiger partial charge in [-0.1, -0.05) is 0 Å². The predicted molar refractivity (Wildman–Crippen MR) is 137 cm³/mol. The SMILES string of the molecule is O=C(OC[C@H]1[C@H](COC(=O)c2ccccc2)[C@H]2O[C@@H]1[C@@H](Br)[C@@H]2[Se]c1ccccc1)c1ccccc1. The third kappa shape index (κ3) is 5.39. The molecule has 2 heterocycles. The molecule has 5 nitrogen and oxygen atoms in total. The van der Waals surface area contributed by atoms with E-state index in [-0.39, 0.29) is 73.8 Å².